The summed E-state index contributed by atoms with van der Waals surface area (Å²) in [5, 5.41) is 0. The predicted octanol–water partition coefficient (Wildman–Crippen LogP) is 3.16. The fourth-order valence-corrected chi connectivity index (χ4v) is 4.01. The van der Waals surface area contributed by atoms with E-state index in [0.29, 0.717) is 5.92 Å². The SMILES string of the molecule is CC(C)c1ccc(COCS(=O)(=O)c2cccc(S(C)(=O)=O)c2)cc1. The first-order valence-electron chi connectivity index (χ1n) is 7.79. The first-order chi connectivity index (χ1) is 11.6. The molecule has 0 aliphatic carbocycles. The Balaban J connectivity index is 2.04. The topological polar surface area (TPSA) is 77.5 Å². The molecule has 7 heteroatoms. The van der Waals surface area contributed by atoms with Gasteiger partial charge in [-0.05, 0) is 35.2 Å². The fourth-order valence-electron chi connectivity index (χ4n) is 2.23. The van der Waals surface area contributed by atoms with Crippen LogP contribution in [0.25, 0.3) is 0 Å². The van der Waals surface area contributed by atoms with Crippen LogP contribution in [-0.2, 0) is 31.0 Å². The molecule has 2 rings (SSSR count). The highest BCUT2D eigenvalue weighted by Crippen LogP contribution is 2.18. The van der Waals surface area contributed by atoms with Crippen LogP contribution in [0.2, 0.25) is 0 Å². The summed E-state index contributed by atoms with van der Waals surface area (Å²) >= 11 is 0. The number of sulfone groups is 2. The highest BCUT2D eigenvalue weighted by Gasteiger charge is 2.17. The molecule has 0 heterocycles. The van der Waals surface area contributed by atoms with E-state index < -0.39 is 25.6 Å². The molecular formula is C18H22O5S2. The lowest BCUT2D eigenvalue weighted by Gasteiger charge is -2.09. The minimum absolute atomic E-state index is 0.0298. The summed E-state index contributed by atoms with van der Waals surface area (Å²) in [5.74, 6) is -0.0796. The Kier molecular flexibility index (Phi) is 6.03. The third-order valence-electron chi connectivity index (χ3n) is 3.75. The Morgan fingerprint density at radius 1 is 0.920 bits per heavy atom. The molecule has 2 aromatic carbocycles. The van der Waals surface area contributed by atoms with Gasteiger partial charge in [-0.25, -0.2) is 16.8 Å². The Morgan fingerprint density at radius 3 is 2.08 bits per heavy atom. The molecule has 0 aliphatic rings. The van der Waals surface area contributed by atoms with Gasteiger partial charge in [0.05, 0.1) is 16.4 Å². The molecule has 136 valence electrons. The van der Waals surface area contributed by atoms with Crippen molar-refractivity contribution < 1.29 is 21.6 Å². The molecule has 0 amide bonds. The summed E-state index contributed by atoms with van der Waals surface area (Å²) in [6, 6.07) is 13.1. The van der Waals surface area contributed by atoms with Crippen LogP contribution in [0.15, 0.2) is 58.3 Å². The molecule has 25 heavy (non-hydrogen) atoms. The summed E-state index contributed by atoms with van der Waals surface area (Å²) in [6.45, 7) is 4.37. The van der Waals surface area contributed by atoms with Gasteiger partial charge in [-0.1, -0.05) is 44.2 Å². The van der Waals surface area contributed by atoms with E-state index in [1.54, 1.807) is 0 Å². The predicted molar refractivity (Wildman–Crippen MR) is 96.9 cm³/mol. The maximum Gasteiger partial charge on any atom is 0.202 e. The van der Waals surface area contributed by atoms with Crippen molar-refractivity contribution in [3.8, 4) is 0 Å². The van der Waals surface area contributed by atoms with Crippen molar-refractivity contribution in [3.63, 3.8) is 0 Å². The Morgan fingerprint density at radius 2 is 1.52 bits per heavy atom. The zero-order valence-electron chi connectivity index (χ0n) is 14.5. The molecule has 0 aromatic heterocycles. The van der Waals surface area contributed by atoms with Crippen LogP contribution in [0.1, 0.15) is 30.9 Å². The summed E-state index contributed by atoms with van der Waals surface area (Å²) in [5.41, 5.74) is 2.08. The molecular weight excluding hydrogens is 360 g/mol. The average molecular weight is 383 g/mol. The molecule has 0 saturated carbocycles. The van der Waals surface area contributed by atoms with Crippen LogP contribution in [0.4, 0.5) is 0 Å². The van der Waals surface area contributed by atoms with Gasteiger partial charge in [0.25, 0.3) is 0 Å². The lowest BCUT2D eigenvalue weighted by Crippen LogP contribution is -2.11. The highest BCUT2D eigenvalue weighted by atomic mass is 32.2. The van der Waals surface area contributed by atoms with E-state index in [1.807, 2.05) is 24.3 Å². The van der Waals surface area contributed by atoms with Gasteiger partial charge in [0.1, 0.15) is 0 Å². The van der Waals surface area contributed by atoms with E-state index >= 15 is 0 Å². The van der Waals surface area contributed by atoms with Crippen LogP contribution in [0.3, 0.4) is 0 Å². The van der Waals surface area contributed by atoms with Gasteiger partial charge in [0.2, 0.25) is 9.84 Å². The van der Waals surface area contributed by atoms with E-state index in [1.165, 1.54) is 23.8 Å². The zero-order chi connectivity index (χ0) is 18.7. The van der Waals surface area contributed by atoms with E-state index in [2.05, 4.69) is 13.8 Å². The van der Waals surface area contributed by atoms with Crippen LogP contribution >= 0.6 is 0 Å². The minimum Gasteiger partial charge on any atom is -0.360 e. The molecule has 0 saturated heterocycles. The quantitative estimate of drug-likeness (QED) is 0.735. The van der Waals surface area contributed by atoms with Crippen molar-refractivity contribution in [1.82, 2.24) is 0 Å². The van der Waals surface area contributed by atoms with Gasteiger partial charge >= 0.3 is 0 Å². The Labute approximate surface area is 149 Å². The number of benzene rings is 2. The van der Waals surface area contributed by atoms with Crippen LogP contribution in [-0.4, -0.2) is 29.0 Å². The summed E-state index contributed by atoms with van der Waals surface area (Å²) in [6.07, 6.45) is 1.04. The van der Waals surface area contributed by atoms with Crippen molar-refractivity contribution >= 4 is 19.7 Å². The fraction of sp³-hybridized carbons (Fsp3) is 0.333. The second kappa shape index (κ2) is 7.68. The maximum atomic E-state index is 12.3. The Hall–Kier alpha value is -1.70. The molecule has 0 aliphatic heterocycles. The number of hydrogen-bond acceptors (Lipinski definition) is 5. The third kappa shape index (κ3) is 5.39. The molecule has 0 fully saturated rings. The van der Waals surface area contributed by atoms with Crippen LogP contribution in [0, 0.1) is 0 Å². The van der Waals surface area contributed by atoms with Crippen molar-refractivity contribution in [1.29, 1.82) is 0 Å². The molecule has 0 unspecified atom stereocenters. The first kappa shape index (κ1) is 19.6. The number of ether oxygens (including phenoxy) is 1. The van der Waals surface area contributed by atoms with Crippen molar-refractivity contribution in [2.75, 3.05) is 12.2 Å². The molecule has 0 atom stereocenters. The second-order valence-corrected chi connectivity index (χ2v) is 10.2. The van der Waals surface area contributed by atoms with E-state index in [-0.39, 0.29) is 16.4 Å². The number of hydrogen-bond donors (Lipinski definition) is 0. The standard InChI is InChI=1S/C18H22O5S2/c1-14(2)16-9-7-15(8-10-16)12-23-13-25(21,22)18-6-4-5-17(11-18)24(3,19)20/h4-11,14H,12-13H2,1-3H3. The lowest BCUT2D eigenvalue weighted by atomic mass is 10.0. The van der Waals surface area contributed by atoms with Crippen molar-refractivity contribution in [3.05, 3.63) is 59.7 Å². The maximum absolute atomic E-state index is 12.3. The molecule has 0 bridgehead atoms. The third-order valence-corrected chi connectivity index (χ3v) is 6.31. The van der Waals surface area contributed by atoms with Crippen molar-refractivity contribution in [2.24, 2.45) is 0 Å². The Bertz CT molecular complexity index is 928. The lowest BCUT2D eigenvalue weighted by molar-refractivity contribution is 0.163. The normalized spacial score (nSPS) is 12.5. The van der Waals surface area contributed by atoms with Gasteiger partial charge in [-0.3, -0.25) is 0 Å². The molecule has 0 N–H and O–H groups in total. The van der Waals surface area contributed by atoms with Crippen LogP contribution < -0.4 is 0 Å². The summed E-state index contributed by atoms with van der Waals surface area (Å²) in [4.78, 5) is -0.0940. The second-order valence-electron chi connectivity index (χ2n) is 6.22. The molecule has 2 aromatic rings. The average Bonchev–Trinajstić information content (AvgIpc) is 2.54. The van der Waals surface area contributed by atoms with E-state index in [4.69, 9.17) is 4.74 Å². The zero-order valence-corrected chi connectivity index (χ0v) is 16.1. The molecule has 0 spiro atoms. The smallest absolute Gasteiger partial charge is 0.202 e. The molecule has 5 nitrogen and oxygen atoms in total. The first-order valence-corrected chi connectivity index (χ1v) is 11.3. The van der Waals surface area contributed by atoms with Gasteiger partial charge in [0, 0.05) is 6.26 Å². The monoisotopic (exact) mass is 382 g/mol. The summed E-state index contributed by atoms with van der Waals surface area (Å²) < 4.78 is 53.1. The molecule has 0 radical (unpaired) electrons. The van der Waals surface area contributed by atoms with Crippen LogP contribution in [0.5, 0.6) is 0 Å². The highest BCUT2D eigenvalue weighted by molar-refractivity contribution is 7.91. The van der Waals surface area contributed by atoms with E-state index in [9.17, 15) is 16.8 Å². The van der Waals surface area contributed by atoms with Crippen molar-refractivity contribution in [2.45, 2.75) is 36.2 Å². The number of rotatable bonds is 7. The van der Waals surface area contributed by atoms with Gasteiger partial charge < -0.3 is 4.74 Å². The van der Waals surface area contributed by atoms with E-state index in [0.717, 1.165) is 17.9 Å². The van der Waals surface area contributed by atoms with Gasteiger partial charge in [-0.2, -0.15) is 0 Å². The van der Waals surface area contributed by atoms with Gasteiger partial charge in [0.15, 0.2) is 15.8 Å². The largest absolute Gasteiger partial charge is 0.360 e. The summed E-state index contributed by atoms with van der Waals surface area (Å²) in [7, 11) is -7.19. The van der Waals surface area contributed by atoms with Gasteiger partial charge in [-0.15, -0.1) is 0 Å². The minimum atomic E-state index is -3.72.